The van der Waals surface area contributed by atoms with Crippen LogP contribution in [0, 0.1) is 24.1 Å². The lowest BCUT2D eigenvalue weighted by Crippen LogP contribution is -2.28. The number of aromatic nitrogens is 3. The lowest BCUT2D eigenvalue weighted by atomic mass is 9.69. The largest absolute Gasteiger partial charge is 0.478 e. The summed E-state index contributed by atoms with van der Waals surface area (Å²) in [4.78, 5) is 17.4. The van der Waals surface area contributed by atoms with Crippen molar-refractivity contribution in [1.29, 1.82) is 0 Å². The van der Waals surface area contributed by atoms with E-state index in [1.807, 2.05) is 37.3 Å². The Morgan fingerprint density at radius 2 is 1.83 bits per heavy atom. The molecule has 0 bridgehead atoms. The minimum absolute atomic E-state index is 0.0463. The fourth-order valence-electron chi connectivity index (χ4n) is 4.98. The van der Waals surface area contributed by atoms with Crippen molar-refractivity contribution < 1.29 is 14.3 Å². The second kappa shape index (κ2) is 8.86. The molecule has 36 heavy (non-hydrogen) atoms. The Hall–Kier alpha value is -3.51. The molecule has 2 aromatic carbocycles. The van der Waals surface area contributed by atoms with Gasteiger partial charge in [0.25, 0.3) is 0 Å². The Kier molecular flexibility index (Phi) is 5.95. The molecule has 1 N–H and O–H groups in total. The third-order valence-electron chi connectivity index (χ3n) is 7.09. The average Bonchev–Trinajstić information content (AvgIpc) is 3.10. The zero-order valence-corrected chi connectivity index (χ0v) is 21.4. The maximum absolute atomic E-state index is 13.4. The fourth-order valence-corrected chi connectivity index (χ4v) is 5.31. The Balaban J connectivity index is 1.74. The Bertz CT molecular complexity index is 1530. The minimum Gasteiger partial charge on any atom is -0.478 e. The summed E-state index contributed by atoms with van der Waals surface area (Å²) in [6.07, 6.45) is 3.37. The van der Waals surface area contributed by atoms with Gasteiger partial charge in [0.15, 0.2) is 0 Å². The van der Waals surface area contributed by atoms with E-state index in [0.29, 0.717) is 39.4 Å². The SMILES string of the molecule is Cc1nn(-c2ccc(F)cc2)c(Cl)c1/C=C1/C[C@H](C(C)(C)C)Cc2c1nc1ccccc1c2C(=O)O. The van der Waals surface area contributed by atoms with Crippen molar-refractivity contribution in [2.45, 2.75) is 40.5 Å². The number of halogens is 2. The van der Waals surface area contributed by atoms with Crippen LogP contribution in [-0.2, 0) is 6.42 Å². The number of fused-ring (bicyclic) bond motifs is 2. The number of hydrogen-bond donors (Lipinski definition) is 1. The van der Waals surface area contributed by atoms with Gasteiger partial charge in [-0.25, -0.2) is 18.9 Å². The molecule has 0 amide bonds. The zero-order valence-electron chi connectivity index (χ0n) is 20.6. The topological polar surface area (TPSA) is 68.0 Å². The van der Waals surface area contributed by atoms with Gasteiger partial charge >= 0.3 is 5.97 Å². The number of carbonyl (C=O) groups is 1. The number of pyridine rings is 1. The number of carboxylic acids is 1. The van der Waals surface area contributed by atoms with Crippen LogP contribution in [0.25, 0.3) is 28.2 Å². The highest BCUT2D eigenvalue weighted by Gasteiger charge is 2.35. The summed E-state index contributed by atoms with van der Waals surface area (Å²) in [5.41, 5.74) is 5.44. The second-order valence-electron chi connectivity index (χ2n) is 10.5. The van der Waals surface area contributed by atoms with Crippen molar-refractivity contribution in [2.24, 2.45) is 11.3 Å². The smallest absolute Gasteiger partial charge is 0.336 e. The maximum Gasteiger partial charge on any atom is 0.336 e. The number of aryl methyl sites for hydroxylation is 1. The summed E-state index contributed by atoms with van der Waals surface area (Å²) < 4.78 is 15.0. The maximum atomic E-state index is 13.4. The first-order valence-corrected chi connectivity index (χ1v) is 12.3. The van der Waals surface area contributed by atoms with Gasteiger partial charge in [0.05, 0.1) is 28.2 Å². The predicted octanol–water partition coefficient (Wildman–Crippen LogP) is 7.37. The monoisotopic (exact) mass is 503 g/mol. The molecule has 7 heteroatoms. The molecule has 0 saturated heterocycles. The molecule has 0 fully saturated rings. The summed E-state index contributed by atoms with van der Waals surface area (Å²) in [7, 11) is 0. The molecule has 1 atom stereocenters. The summed E-state index contributed by atoms with van der Waals surface area (Å²) >= 11 is 6.80. The van der Waals surface area contributed by atoms with Crippen molar-refractivity contribution in [1.82, 2.24) is 14.8 Å². The minimum atomic E-state index is -0.947. The lowest BCUT2D eigenvalue weighted by molar-refractivity contribution is 0.0696. The molecule has 1 aliphatic rings. The molecule has 5 rings (SSSR count). The molecule has 5 nitrogen and oxygen atoms in total. The third-order valence-corrected chi connectivity index (χ3v) is 7.45. The number of benzene rings is 2. The van der Waals surface area contributed by atoms with E-state index in [1.54, 1.807) is 16.8 Å². The van der Waals surface area contributed by atoms with Gasteiger partial charge in [-0.2, -0.15) is 5.10 Å². The van der Waals surface area contributed by atoms with Gasteiger partial charge in [0, 0.05) is 10.9 Å². The van der Waals surface area contributed by atoms with Gasteiger partial charge in [-0.05, 0) is 78.6 Å². The number of rotatable bonds is 3. The molecule has 4 aromatic rings. The molecule has 1 aliphatic carbocycles. The summed E-state index contributed by atoms with van der Waals surface area (Å²) in [5.74, 6) is -1.07. The number of allylic oxidation sites excluding steroid dienone is 1. The molecular formula is C29H27ClFN3O2. The van der Waals surface area contributed by atoms with Crippen LogP contribution in [0.2, 0.25) is 5.15 Å². The molecule has 2 aromatic heterocycles. The predicted molar refractivity (Wildman–Crippen MR) is 141 cm³/mol. The molecule has 0 saturated carbocycles. The number of aromatic carboxylic acids is 1. The molecule has 2 heterocycles. The van der Waals surface area contributed by atoms with Gasteiger partial charge in [-0.3, -0.25) is 0 Å². The molecule has 184 valence electrons. The van der Waals surface area contributed by atoms with E-state index >= 15 is 0 Å². The number of nitrogens with zero attached hydrogens (tertiary/aromatic N) is 3. The molecule has 0 spiro atoms. The van der Waals surface area contributed by atoms with Crippen LogP contribution in [0.4, 0.5) is 4.39 Å². The summed E-state index contributed by atoms with van der Waals surface area (Å²) in [5, 5.41) is 15.9. The first-order chi connectivity index (χ1) is 17.0. The first kappa shape index (κ1) is 24.2. The number of carboxylic acid groups (broad SMARTS) is 1. The van der Waals surface area contributed by atoms with E-state index in [2.05, 4.69) is 25.9 Å². The van der Waals surface area contributed by atoms with E-state index in [9.17, 15) is 14.3 Å². The Labute approximate surface area is 214 Å². The highest BCUT2D eigenvalue weighted by Crippen LogP contribution is 2.45. The molecule has 0 aliphatic heterocycles. The zero-order chi connectivity index (χ0) is 25.8. The Morgan fingerprint density at radius 1 is 1.14 bits per heavy atom. The van der Waals surface area contributed by atoms with Crippen molar-refractivity contribution >= 4 is 40.1 Å². The van der Waals surface area contributed by atoms with Gasteiger partial charge in [0.2, 0.25) is 0 Å². The van der Waals surface area contributed by atoms with Crippen LogP contribution in [0.3, 0.4) is 0 Å². The first-order valence-electron chi connectivity index (χ1n) is 11.9. The van der Waals surface area contributed by atoms with Crippen LogP contribution in [0.15, 0.2) is 48.5 Å². The molecule has 0 unspecified atom stereocenters. The van der Waals surface area contributed by atoms with Crippen LogP contribution in [0.5, 0.6) is 0 Å². The van der Waals surface area contributed by atoms with Crippen molar-refractivity contribution in [3.8, 4) is 5.69 Å². The van der Waals surface area contributed by atoms with Crippen LogP contribution >= 0.6 is 11.6 Å². The quantitative estimate of drug-likeness (QED) is 0.317. The number of hydrogen-bond acceptors (Lipinski definition) is 3. The fraction of sp³-hybridized carbons (Fsp3) is 0.276. The normalized spacial score (nSPS) is 16.9. The third kappa shape index (κ3) is 4.20. The van der Waals surface area contributed by atoms with Crippen molar-refractivity contribution in [2.75, 3.05) is 0 Å². The van der Waals surface area contributed by atoms with E-state index < -0.39 is 5.97 Å². The average molecular weight is 504 g/mol. The van der Waals surface area contributed by atoms with Gasteiger partial charge in [0.1, 0.15) is 11.0 Å². The van der Waals surface area contributed by atoms with Crippen LogP contribution in [0.1, 0.15) is 60.1 Å². The standard InChI is InChI=1S/C29H27ClFN3O2/c1-16-22(27(30)34(33-16)20-11-9-19(31)10-12-20)14-17-13-18(29(2,3)4)15-23-25(28(35)36)21-7-5-6-8-24(21)32-26(17)23/h5-12,14,18H,13,15H2,1-4H3,(H,35,36)/b17-14-/t18-/m0/s1. The Morgan fingerprint density at radius 3 is 2.50 bits per heavy atom. The van der Waals surface area contributed by atoms with Crippen LogP contribution < -0.4 is 0 Å². The van der Waals surface area contributed by atoms with E-state index in [0.717, 1.165) is 28.8 Å². The van der Waals surface area contributed by atoms with E-state index in [-0.39, 0.29) is 17.2 Å². The van der Waals surface area contributed by atoms with Gasteiger partial charge < -0.3 is 5.11 Å². The number of para-hydroxylation sites is 1. The van der Waals surface area contributed by atoms with Crippen LogP contribution in [-0.4, -0.2) is 25.8 Å². The van der Waals surface area contributed by atoms with Gasteiger partial charge in [-0.1, -0.05) is 50.6 Å². The van der Waals surface area contributed by atoms with Gasteiger partial charge in [-0.15, -0.1) is 0 Å². The highest BCUT2D eigenvalue weighted by molar-refractivity contribution is 6.31. The summed E-state index contributed by atoms with van der Waals surface area (Å²) in [6, 6.07) is 13.4. The van der Waals surface area contributed by atoms with Crippen molar-refractivity contribution in [3.05, 3.63) is 87.6 Å². The lowest BCUT2D eigenvalue weighted by Gasteiger charge is -2.36. The van der Waals surface area contributed by atoms with E-state index in [4.69, 9.17) is 16.6 Å². The highest BCUT2D eigenvalue weighted by atomic mass is 35.5. The molecular weight excluding hydrogens is 477 g/mol. The molecule has 0 radical (unpaired) electrons. The second-order valence-corrected chi connectivity index (χ2v) is 10.8. The van der Waals surface area contributed by atoms with Crippen molar-refractivity contribution in [3.63, 3.8) is 0 Å². The summed E-state index contributed by atoms with van der Waals surface area (Å²) in [6.45, 7) is 8.42. The van der Waals surface area contributed by atoms with E-state index in [1.165, 1.54) is 12.1 Å².